The van der Waals surface area contributed by atoms with Gasteiger partial charge >= 0.3 is 0 Å². The first-order chi connectivity index (χ1) is 6.65. The average molecular weight is 251 g/mol. The van der Waals surface area contributed by atoms with Crippen LogP contribution in [0.2, 0.25) is 0 Å². The Morgan fingerprint density at radius 1 is 1.36 bits per heavy atom. The van der Waals surface area contributed by atoms with Gasteiger partial charge in [-0.15, -0.1) is 0 Å². The van der Waals surface area contributed by atoms with Crippen molar-refractivity contribution in [2.75, 3.05) is 0 Å². The number of hydrogen-bond donors (Lipinski definition) is 0. The van der Waals surface area contributed by atoms with Crippen LogP contribution in [0.25, 0.3) is 0 Å². The summed E-state index contributed by atoms with van der Waals surface area (Å²) in [6, 6.07) is 4.05. The minimum atomic E-state index is 0.301. The Labute approximate surface area is 92.6 Å². The molecule has 0 radical (unpaired) electrons. The summed E-state index contributed by atoms with van der Waals surface area (Å²) in [5.41, 5.74) is 3.29. The summed E-state index contributed by atoms with van der Waals surface area (Å²) in [6.45, 7) is 4.03. The zero-order chi connectivity index (χ0) is 10.6. The lowest BCUT2D eigenvalue weighted by atomic mass is 10.0. The van der Waals surface area contributed by atoms with Gasteiger partial charge in [0.05, 0.1) is 6.42 Å². The van der Waals surface area contributed by atoms with Crippen molar-refractivity contribution in [3.05, 3.63) is 33.3 Å². The summed E-state index contributed by atoms with van der Waals surface area (Å²) in [7, 11) is 0. The van der Waals surface area contributed by atoms with Gasteiger partial charge in [0.1, 0.15) is 6.29 Å². The van der Waals surface area contributed by atoms with Gasteiger partial charge in [0.2, 0.25) is 0 Å². The van der Waals surface area contributed by atoms with Gasteiger partial charge < -0.3 is 4.79 Å². The molecule has 1 aromatic carbocycles. The highest BCUT2D eigenvalue weighted by Crippen LogP contribution is 2.19. The van der Waals surface area contributed by atoms with Gasteiger partial charge in [-0.3, -0.25) is 0 Å². The summed E-state index contributed by atoms with van der Waals surface area (Å²) in [6.07, 6.45) is 1.12. The molecule has 0 aromatic heterocycles. The smallest absolute Gasteiger partial charge is 0.131 e. The Kier molecular flexibility index (Phi) is 3.91. The van der Waals surface area contributed by atoms with E-state index in [1.54, 1.807) is 0 Å². The van der Waals surface area contributed by atoms with Crippen LogP contribution in [-0.2, 0) is 4.79 Å². The number of aldehydes is 1. The summed E-state index contributed by atoms with van der Waals surface area (Å²) >= 11 is 3.42. The van der Waals surface area contributed by atoms with Crippen molar-refractivity contribution in [2.45, 2.75) is 20.3 Å². The molecule has 1 rings (SSSR count). The van der Waals surface area contributed by atoms with E-state index in [1.165, 1.54) is 0 Å². The molecule has 14 heavy (non-hydrogen) atoms. The molecule has 0 aliphatic rings. The molecule has 1 nitrogen and oxygen atoms in total. The summed E-state index contributed by atoms with van der Waals surface area (Å²) in [5.74, 6) is 5.83. The van der Waals surface area contributed by atoms with Crippen LogP contribution in [0.15, 0.2) is 16.6 Å². The molecular weight excluding hydrogens is 240 g/mol. The van der Waals surface area contributed by atoms with Crippen LogP contribution in [0.1, 0.15) is 23.1 Å². The van der Waals surface area contributed by atoms with Crippen molar-refractivity contribution in [1.29, 1.82) is 0 Å². The number of hydrogen-bond acceptors (Lipinski definition) is 1. The normalized spacial score (nSPS) is 9.07. The second kappa shape index (κ2) is 4.97. The molecule has 0 unspecified atom stereocenters. The Morgan fingerprint density at radius 3 is 2.43 bits per heavy atom. The quantitative estimate of drug-likeness (QED) is 0.554. The van der Waals surface area contributed by atoms with Crippen LogP contribution in [0.5, 0.6) is 0 Å². The molecule has 72 valence electrons. The molecular formula is C12H11BrO. The fourth-order valence-electron chi connectivity index (χ4n) is 1.29. The highest BCUT2D eigenvalue weighted by Gasteiger charge is 2.00. The monoisotopic (exact) mass is 250 g/mol. The van der Waals surface area contributed by atoms with E-state index in [4.69, 9.17) is 0 Å². The van der Waals surface area contributed by atoms with Crippen molar-refractivity contribution < 1.29 is 4.79 Å². The number of benzene rings is 1. The third kappa shape index (κ3) is 2.71. The van der Waals surface area contributed by atoms with E-state index >= 15 is 0 Å². The van der Waals surface area contributed by atoms with E-state index in [0.29, 0.717) is 6.42 Å². The largest absolute Gasteiger partial charge is 0.302 e. The number of rotatable bonds is 1. The van der Waals surface area contributed by atoms with Crippen molar-refractivity contribution in [1.82, 2.24) is 0 Å². The predicted octanol–water partition coefficient (Wildman–Crippen LogP) is 3.01. The molecule has 0 aliphatic carbocycles. The number of carbonyl (C=O) groups excluding carboxylic acids is 1. The Bertz CT molecular complexity index is 387. The van der Waals surface area contributed by atoms with Gasteiger partial charge in [0.25, 0.3) is 0 Å². The van der Waals surface area contributed by atoms with Gasteiger partial charge in [-0.25, -0.2) is 0 Å². The summed E-state index contributed by atoms with van der Waals surface area (Å²) in [4.78, 5) is 10.1. The van der Waals surface area contributed by atoms with Crippen molar-refractivity contribution in [3.8, 4) is 11.8 Å². The molecule has 0 heterocycles. The van der Waals surface area contributed by atoms with Crippen LogP contribution in [0.3, 0.4) is 0 Å². The predicted molar refractivity (Wildman–Crippen MR) is 61.2 cm³/mol. The lowest BCUT2D eigenvalue weighted by Crippen LogP contribution is -1.87. The van der Waals surface area contributed by atoms with E-state index < -0.39 is 0 Å². The lowest BCUT2D eigenvalue weighted by molar-refractivity contribution is -0.107. The van der Waals surface area contributed by atoms with Crippen molar-refractivity contribution in [2.24, 2.45) is 0 Å². The molecule has 0 saturated carbocycles. The van der Waals surface area contributed by atoms with Gasteiger partial charge in [0.15, 0.2) is 0 Å². The zero-order valence-electron chi connectivity index (χ0n) is 8.23. The molecule has 0 amide bonds. The van der Waals surface area contributed by atoms with Crippen molar-refractivity contribution >= 4 is 22.2 Å². The molecule has 0 atom stereocenters. The van der Waals surface area contributed by atoms with Crippen LogP contribution in [0, 0.1) is 25.7 Å². The molecule has 2 heteroatoms. The average Bonchev–Trinajstić information content (AvgIpc) is 2.09. The summed E-state index contributed by atoms with van der Waals surface area (Å²) < 4.78 is 1.06. The SMILES string of the molecule is Cc1cc(Br)cc(C)c1C#CCC=O. The fraction of sp³-hybridized carbons (Fsp3) is 0.250. The number of carbonyl (C=O) groups is 1. The molecule has 0 bridgehead atoms. The summed E-state index contributed by atoms with van der Waals surface area (Å²) in [5, 5.41) is 0. The molecule has 0 spiro atoms. The number of halogens is 1. The molecule has 0 N–H and O–H groups in total. The Hall–Kier alpha value is -1.07. The maximum atomic E-state index is 10.1. The van der Waals surface area contributed by atoms with E-state index in [0.717, 1.165) is 27.4 Å². The highest BCUT2D eigenvalue weighted by molar-refractivity contribution is 9.10. The van der Waals surface area contributed by atoms with Crippen LogP contribution in [0.4, 0.5) is 0 Å². The van der Waals surface area contributed by atoms with Gasteiger partial charge in [-0.05, 0) is 37.1 Å². The fourth-order valence-corrected chi connectivity index (χ4v) is 1.98. The lowest BCUT2D eigenvalue weighted by Gasteiger charge is -2.03. The maximum absolute atomic E-state index is 10.1. The van der Waals surface area contributed by atoms with Gasteiger partial charge in [-0.2, -0.15) is 0 Å². The minimum absolute atomic E-state index is 0.301. The zero-order valence-corrected chi connectivity index (χ0v) is 9.81. The molecule has 0 saturated heterocycles. The van der Waals surface area contributed by atoms with Crippen LogP contribution < -0.4 is 0 Å². The third-order valence-electron chi connectivity index (χ3n) is 1.90. The van der Waals surface area contributed by atoms with E-state index in [2.05, 4.69) is 27.8 Å². The van der Waals surface area contributed by atoms with E-state index in [-0.39, 0.29) is 0 Å². The molecule has 1 aromatic rings. The van der Waals surface area contributed by atoms with Crippen molar-refractivity contribution in [3.63, 3.8) is 0 Å². The standard InChI is InChI=1S/C12H11BrO/c1-9-7-11(13)8-10(2)12(9)5-3-4-6-14/h6-8H,4H2,1-2H3. The number of aryl methyl sites for hydroxylation is 2. The molecule has 0 aliphatic heterocycles. The first-order valence-corrected chi connectivity index (χ1v) is 5.13. The Morgan fingerprint density at radius 2 is 1.93 bits per heavy atom. The van der Waals surface area contributed by atoms with Crippen LogP contribution in [-0.4, -0.2) is 6.29 Å². The Balaban J connectivity index is 3.10. The van der Waals surface area contributed by atoms with Crippen LogP contribution >= 0.6 is 15.9 Å². The maximum Gasteiger partial charge on any atom is 0.131 e. The van der Waals surface area contributed by atoms with E-state index in [1.807, 2.05) is 26.0 Å². The second-order valence-electron chi connectivity index (χ2n) is 3.09. The van der Waals surface area contributed by atoms with Gasteiger partial charge in [0, 0.05) is 10.0 Å². The minimum Gasteiger partial charge on any atom is -0.302 e. The topological polar surface area (TPSA) is 17.1 Å². The van der Waals surface area contributed by atoms with E-state index in [9.17, 15) is 4.79 Å². The third-order valence-corrected chi connectivity index (χ3v) is 2.35. The highest BCUT2D eigenvalue weighted by atomic mass is 79.9. The second-order valence-corrected chi connectivity index (χ2v) is 4.00. The first-order valence-electron chi connectivity index (χ1n) is 4.34. The van der Waals surface area contributed by atoms with Gasteiger partial charge in [-0.1, -0.05) is 27.8 Å². The first kappa shape index (κ1) is 11.0. The molecule has 0 fully saturated rings.